The van der Waals surface area contributed by atoms with Crippen LogP contribution in [-0.4, -0.2) is 17.6 Å². The molecule has 0 fully saturated rings. The van der Waals surface area contributed by atoms with Gasteiger partial charge >= 0.3 is 0 Å². The van der Waals surface area contributed by atoms with Crippen molar-refractivity contribution < 1.29 is 0 Å². The van der Waals surface area contributed by atoms with Crippen LogP contribution in [0, 0.1) is 5.92 Å². The maximum Gasteiger partial charge on any atom is 0.0769 e. The number of para-hydroxylation sites is 1. The molecule has 1 aromatic heterocycles. The Hall–Kier alpha value is -1.77. The lowest BCUT2D eigenvalue weighted by atomic mass is 9.96. The molecule has 18 heavy (non-hydrogen) atoms. The second kappa shape index (κ2) is 4.48. The second-order valence-corrected chi connectivity index (χ2v) is 5.08. The number of hydrogen-bond donors (Lipinski definition) is 2. The van der Waals surface area contributed by atoms with Crippen molar-refractivity contribution in [2.75, 3.05) is 17.2 Å². The summed E-state index contributed by atoms with van der Waals surface area (Å²) in [5.41, 5.74) is 3.38. The maximum absolute atomic E-state index is 4.48. The predicted octanol–water partition coefficient (Wildman–Crippen LogP) is 3.49. The number of rotatable bonds is 2. The summed E-state index contributed by atoms with van der Waals surface area (Å²) in [5.74, 6) is 0.664. The Morgan fingerprint density at radius 1 is 1.39 bits per heavy atom. The van der Waals surface area contributed by atoms with E-state index in [4.69, 9.17) is 0 Å². The summed E-state index contributed by atoms with van der Waals surface area (Å²) in [6, 6.07) is 8.79. The molecule has 2 unspecified atom stereocenters. The minimum Gasteiger partial charge on any atom is -0.380 e. The normalized spacial score (nSPS) is 19.8. The van der Waals surface area contributed by atoms with Crippen LogP contribution in [0.15, 0.2) is 30.5 Å². The summed E-state index contributed by atoms with van der Waals surface area (Å²) < 4.78 is 0. The van der Waals surface area contributed by atoms with Gasteiger partial charge in [-0.1, -0.05) is 38.5 Å². The number of nitrogens with one attached hydrogen (secondary N) is 2. The van der Waals surface area contributed by atoms with Gasteiger partial charge in [0.1, 0.15) is 0 Å². The summed E-state index contributed by atoms with van der Waals surface area (Å²) in [7, 11) is 0. The molecule has 94 valence electrons. The summed E-state index contributed by atoms with van der Waals surface area (Å²) in [6.07, 6.45) is 3.12. The lowest BCUT2D eigenvalue weighted by Gasteiger charge is -2.32. The molecule has 1 aliphatic heterocycles. The van der Waals surface area contributed by atoms with Crippen molar-refractivity contribution in [2.45, 2.75) is 26.3 Å². The zero-order chi connectivity index (χ0) is 12.5. The quantitative estimate of drug-likeness (QED) is 0.845. The molecule has 0 amide bonds. The minimum absolute atomic E-state index is 0.494. The molecular weight excluding hydrogens is 222 g/mol. The van der Waals surface area contributed by atoms with Gasteiger partial charge in [0.05, 0.1) is 23.1 Å². The Bertz CT molecular complexity index is 565. The number of benzene rings is 1. The standard InChI is InChI=1S/C15H19N3/c1-3-10(2)13-8-17-14-9-16-12-7-5-4-6-11(12)15(14)18-13/h4-7,9-10,13,17-18H,3,8H2,1-2H3. The Morgan fingerprint density at radius 3 is 3.06 bits per heavy atom. The highest BCUT2D eigenvalue weighted by atomic mass is 15.1. The highest BCUT2D eigenvalue weighted by Crippen LogP contribution is 2.34. The molecule has 0 radical (unpaired) electrons. The summed E-state index contributed by atoms with van der Waals surface area (Å²) in [4.78, 5) is 4.48. The zero-order valence-corrected chi connectivity index (χ0v) is 10.9. The van der Waals surface area contributed by atoms with E-state index in [1.54, 1.807) is 0 Å². The molecule has 2 N–H and O–H groups in total. The number of fused-ring (bicyclic) bond motifs is 3. The third kappa shape index (κ3) is 1.80. The Morgan fingerprint density at radius 2 is 2.22 bits per heavy atom. The lowest BCUT2D eigenvalue weighted by molar-refractivity contribution is 0.478. The summed E-state index contributed by atoms with van der Waals surface area (Å²) in [6.45, 7) is 5.52. The fraction of sp³-hybridized carbons (Fsp3) is 0.400. The van der Waals surface area contributed by atoms with Gasteiger partial charge in [-0.05, 0) is 12.0 Å². The van der Waals surface area contributed by atoms with Gasteiger partial charge in [-0.3, -0.25) is 4.98 Å². The van der Waals surface area contributed by atoms with E-state index in [1.807, 2.05) is 12.3 Å². The lowest BCUT2D eigenvalue weighted by Crippen LogP contribution is -2.38. The van der Waals surface area contributed by atoms with E-state index in [9.17, 15) is 0 Å². The number of aromatic nitrogens is 1. The largest absolute Gasteiger partial charge is 0.380 e. The Balaban J connectivity index is 2.05. The van der Waals surface area contributed by atoms with Crippen molar-refractivity contribution in [3.63, 3.8) is 0 Å². The SMILES string of the molecule is CCC(C)C1CNc2cnc3ccccc3c2N1. The molecule has 2 heterocycles. The summed E-state index contributed by atoms with van der Waals surface area (Å²) in [5, 5.41) is 8.39. The molecule has 3 nitrogen and oxygen atoms in total. The van der Waals surface area contributed by atoms with Gasteiger partial charge in [0.15, 0.2) is 0 Å². The van der Waals surface area contributed by atoms with Crippen LogP contribution in [0.3, 0.4) is 0 Å². The molecular formula is C15H19N3. The van der Waals surface area contributed by atoms with Crippen LogP contribution in [-0.2, 0) is 0 Å². The number of nitrogens with zero attached hydrogens (tertiary/aromatic N) is 1. The number of hydrogen-bond acceptors (Lipinski definition) is 3. The van der Waals surface area contributed by atoms with Gasteiger partial charge in [0.25, 0.3) is 0 Å². The minimum atomic E-state index is 0.494. The molecule has 3 heteroatoms. The van der Waals surface area contributed by atoms with Gasteiger partial charge in [-0.2, -0.15) is 0 Å². The van der Waals surface area contributed by atoms with Gasteiger partial charge in [0, 0.05) is 18.0 Å². The van der Waals surface area contributed by atoms with Crippen molar-refractivity contribution in [3.8, 4) is 0 Å². The number of pyridine rings is 1. The van der Waals surface area contributed by atoms with Crippen molar-refractivity contribution in [3.05, 3.63) is 30.5 Å². The van der Waals surface area contributed by atoms with Gasteiger partial charge in [-0.15, -0.1) is 0 Å². The van der Waals surface area contributed by atoms with E-state index in [0.29, 0.717) is 12.0 Å². The van der Waals surface area contributed by atoms with E-state index < -0.39 is 0 Å². The first-order chi connectivity index (χ1) is 8.79. The third-order valence-electron chi connectivity index (χ3n) is 3.95. The molecule has 0 spiro atoms. The van der Waals surface area contributed by atoms with Crippen molar-refractivity contribution >= 4 is 22.3 Å². The first-order valence-corrected chi connectivity index (χ1v) is 6.67. The van der Waals surface area contributed by atoms with E-state index >= 15 is 0 Å². The predicted molar refractivity (Wildman–Crippen MR) is 77.1 cm³/mol. The smallest absolute Gasteiger partial charge is 0.0769 e. The van der Waals surface area contributed by atoms with Crippen LogP contribution >= 0.6 is 0 Å². The van der Waals surface area contributed by atoms with E-state index in [2.05, 4.69) is 47.7 Å². The fourth-order valence-electron chi connectivity index (χ4n) is 2.52. The van der Waals surface area contributed by atoms with Crippen LogP contribution in [0.25, 0.3) is 10.9 Å². The van der Waals surface area contributed by atoms with Gasteiger partial charge in [0.2, 0.25) is 0 Å². The average Bonchev–Trinajstić information content (AvgIpc) is 2.45. The topological polar surface area (TPSA) is 37.0 Å². The Labute approximate surface area is 108 Å². The maximum atomic E-state index is 4.48. The monoisotopic (exact) mass is 241 g/mol. The number of anilines is 2. The third-order valence-corrected chi connectivity index (χ3v) is 3.95. The van der Waals surface area contributed by atoms with E-state index in [0.717, 1.165) is 17.7 Å². The molecule has 1 aliphatic rings. The molecule has 0 aliphatic carbocycles. The molecule has 0 saturated carbocycles. The fourth-order valence-corrected chi connectivity index (χ4v) is 2.52. The molecule has 2 aromatic rings. The average molecular weight is 241 g/mol. The molecule has 0 saturated heterocycles. The van der Waals surface area contributed by atoms with Crippen molar-refractivity contribution in [2.24, 2.45) is 5.92 Å². The molecule has 2 atom stereocenters. The molecule has 0 bridgehead atoms. The first-order valence-electron chi connectivity index (χ1n) is 6.67. The highest BCUT2D eigenvalue weighted by molar-refractivity contribution is 5.98. The molecule has 3 rings (SSSR count). The zero-order valence-electron chi connectivity index (χ0n) is 10.9. The second-order valence-electron chi connectivity index (χ2n) is 5.08. The van der Waals surface area contributed by atoms with Gasteiger partial charge < -0.3 is 10.6 Å². The van der Waals surface area contributed by atoms with E-state index in [-0.39, 0.29) is 0 Å². The highest BCUT2D eigenvalue weighted by Gasteiger charge is 2.22. The molecule has 1 aromatic carbocycles. The van der Waals surface area contributed by atoms with Crippen LogP contribution in [0.1, 0.15) is 20.3 Å². The van der Waals surface area contributed by atoms with Crippen LogP contribution in [0.5, 0.6) is 0 Å². The van der Waals surface area contributed by atoms with Crippen LogP contribution in [0.2, 0.25) is 0 Å². The van der Waals surface area contributed by atoms with Crippen molar-refractivity contribution in [1.29, 1.82) is 0 Å². The van der Waals surface area contributed by atoms with Crippen LogP contribution < -0.4 is 10.6 Å². The Kier molecular flexibility index (Phi) is 2.82. The first kappa shape index (κ1) is 11.3. The van der Waals surface area contributed by atoms with Crippen molar-refractivity contribution in [1.82, 2.24) is 4.98 Å². The van der Waals surface area contributed by atoms with Gasteiger partial charge in [-0.25, -0.2) is 0 Å². The van der Waals surface area contributed by atoms with E-state index in [1.165, 1.54) is 17.5 Å². The van der Waals surface area contributed by atoms with Crippen LogP contribution in [0.4, 0.5) is 11.4 Å². The summed E-state index contributed by atoms with van der Waals surface area (Å²) >= 11 is 0.